The van der Waals surface area contributed by atoms with Crippen LogP contribution in [-0.4, -0.2) is 69.8 Å². The zero-order chi connectivity index (χ0) is 25.2. The number of amides is 2. The van der Waals surface area contributed by atoms with E-state index in [2.05, 4.69) is 24.5 Å². The average Bonchev–Trinajstić information content (AvgIpc) is 3.70. The SMILES string of the molecule is COCCCOc1cc(CN(C(=O)[C@@H]2CNCC(C(=O)NCCC(C)C)C2)C2CC2)cc(OC)c1. The summed E-state index contributed by atoms with van der Waals surface area (Å²) in [6.07, 6.45) is 4.40. The van der Waals surface area contributed by atoms with Crippen molar-refractivity contribution in [2.75, 3.05) is 47.1 Å². The van der Waals surface area contributed by atoms with Gasteiger partial charge >= 0.3 is 0 Å². The summed E-state index contributed by atoms with van der Waals surface area (Å²) < 4.78 is 16.5. The Kier molecular flexibility index (Phi) is 10.7. The second kappa shape index (κ2) is 13.7. The van der Waals surface area contributed by atoms with Crippen molar-refractivity contribution in [3.63, 3.8) is 0 Å². The van der Waals surface area contributed by atoms with Crippen molar-refractivity contribution in [3.8, 4) is 11.5 Å². The maximum atomic E-state index is 13.6. The Hall–Kier alpha value is -2.32. The minimum absolute atomic E-state index is 0.0525. The Morgan fingerprint density at radius 3 is 2.51 bits per heavy atom. The van der Waals surface area contributed by atoms with Crippen LogP contribution < -0.4 is 20.1 Å². The number of ether oxygens (including phenoxy) is 3. The van der Waals surface area contributed by atoms with Gasteiger partial charge in [-0.3, -0.25) is 9.59 Å². The van der Waals surface area contributed by atoms with Crippen LogP contribution in [0.4, 0.5) is 0 Å². The molecule has 1 saturated carbocycles. The van der Waals surface area contributed by atoms with Gasteiger partial charge in [-0.1, -0.05) is 13.8 Å². The molecule has 1 heterocycles. The van der Waals surface area contributed by atoms with E-state index in [0.29, 0.717) is 57.5 Å². The molecule has 2 atom stereocenters. The van der Waals surface area contributed by atoms with Gasteiger partial charge in [-0.2, -0.15) is 0 Å². The van der Waals surface area contributed by atoms with Gasteiger partial charge in [0.05, 0.1) is 25.6 Å². The largest absolute Gasteiger partial charge is 0.497 e. The Balaban J connectivity index is 1.63. The van der Waals surface area contributed by atoms with Gasteiger partial charge in [0.1, 0.15) is 11.5 Å². The highest BCUT2D eigenvalue weighted by Crippen LogP contribution is 2.33. The third kappa shape index (κ3) is 8.69. The third-order valence-electron chi connectivity index (χ3n) is 6.65. The Labute approximate surface area is 210 Å². The first kappa shape index (κ1) is 27.3. The zero-order valence-corrected chi connectivity index (χ0v) is 21.8. The van der Waals surface area contributed by atoms with Crippen molar-refractivity contribution in [2.45, 2.75) is 58.5 Å². The number of hydrogen-bond donors (Lipinski definition) is 2. The van der Waals surface area contributed by atoms with Crippen molar-refractivity contribution in [1.29, 1.82) is 0 Å². The molecular formula is C27H43N3O5. The molecule has 196 valence electrons. The monoisotopic (exact) mass is 489 g/mol. The highest BCUT2D eigenvalue weighted by Gasteiger charge is 2.39. The molecule has 1 aromatic carbocycles. The van der Waals surface area contributed by atoms with Crippen molar-refractivity contribution >= 4 is 11.8 Å². The molecule has 0 aromatic heterocycles. The number of hydrogen-bond acceptors (Lipinski definition) is 6. The molecule has 0 bridgehead atoms. The molecule has 1 aromatic rings. The van der Waals surface area contributed by atoms with Gasteiger partial charge in [-0.25, -0.2) is 0 Å². The second-order valence-electron chi connectivity index (χ2n) is 10.2. The fraction of sp³-hybridized carbons (Fsp3) is 0.704. The first-order valence-corrected chi connectivity index (χ1v) is 13.0. The van der Waals surface area contributed by atoms with Crippen LogP contribution >= 0.6 is 0 Å². The molecule has 1 aliphatic carbocycles. The van der Waals surface area contributed by atoms with Crippen LogP contribution in [-0.2, 0) is 20.9 Å². The summed E-state index contributed by atoms with van der Waals surface area (Å²) >= 11 is 0. The van der Waals surface area contributed by atoms with Gasteiger partial charge < -0.3 is 29.7 Å². The minimum atomic E-state index is -0.194. The van der Waals surface area contributed by atoms with Crippen molar-refractivity contribution in [3.05, 3.63) is 23.8 Å². The quantitative estimate of drug-likeness (QED) is 0.391. The van der Waals surface area contributed by atoms with E-state index >= 15 is 0 Å². The molecule has 8 nitrogen and oxygen atoms in total. The van der Waals surface area contributed by atoms with Crippen LogP contribution in [0.15, 0.2) is 18.2 Å². The molecule has 1 unspecified atom stereocenters. The third-order valence-corrected chi connectivity index (χ3v) is 6.65. The molecule has 35 heavy (non-hydrogen) atoms. The number of carbonyl (C=O) groups excluding carboxylic acids is 2. The summed E-state index contributed by atoms with van der Waals surface area (Å²) in [5.41, 5.74) is 0.984. The van der Waals surface area contributed by atoms with E-state index in [9.17, 15) is 9.59 Å². The molecule has 2 amide bonds. The van der Waals surface area contributed by atoms with Crippen LogP contribution in [0, 0.1) is 17.8 Å². The van der Waals surface area contributed by atoms with Gasteiger partial charge in [0.2, 0.25) is 11.8 Å². The number of piperidine rings is 1. The van der Waals surface area contributed by atoms with Gasteiger partial charge in [-0.05, 0) is 49.3 Å². The first-order chi connectivity index (χ1) is 16.9. The molecule has 0 radical (unpaired) electrons. The van der Waals surface area contributed by atoms with E-state index in [1.807, 2.05) is 23.1 Å². The molecule has 2 aliphatic rings. The molecule has 1 saturated heterocycles. The van der Waals surface area contributed by atoms with Crippen LogP contribution in [0.25, 0.3) is 0 Å². The number of methoxy groups -OCH3 is 2. The van der Waals surface area contributed by atoms with E-state index < -0.39 is 0 Å². The second-order valence-corrected chi connectivity index (χ2v) is 10.2. The van der Waals surface area contributed by atoms with Gasteiger partial charge in [-0.15, -0.1) is 0 Å². The highest BCUT2D eigenvalue weighted by atomic mass is 16.5. The summed E-state index contributed by atoms with van der Waals surface area (Å²) in [5, 5.41) is 6.38. The minimum Gasteiger partial charge on any atom is -0.497 e. The van der Waals surface area contributed by atoms with Crippen molar-refractivity contribution in [1.82, 2.24) is 15.5 Å². The Morgan fingerprint density at radius 2 is 1.83 bits per heavy atom. The Bertz CT molecular complexity index is 827. The lowest BCUT2D eigenvalue weighted by atomic mass is 9.88. The normalized spacial score (nSPS) is 19.9. The van der Waals surface area contributed by atoms with Crippen LogP contribution in [0.2, 0.25) is 0 Å². The topological polar surface area (TPSA) is 89.1 Å². The molecular weight excluding hydrogens is 446 g/mol. The van der Waals surface area contributed by atoms with Crippen molar-refractivity contribution in [2.24, 2.45) is 17.8 Å². The van der Waals surface area contributed by atoms with Crippen LogP contribution in [0.1, 0.15) is 51.5 Å². The van der Waals surface area contributed by atoms with E-state index in [0.717, 1.165) is 37.0 Å². The molecule has 2 N–H and O–H groups in total. The molecule has 3 rings (SSSR count). The summed E-state index contributed by atoms with van der Waals surface area (Å²) in [4.78, 5) is 28.3. The summed E-state index contributed by atoms with van der Waals surface area (Å²) in [7, 11) is 3.31. The molecule has 0 spiro atoms. The fourth-order valence-corrected chi connectivity index (χ4v) is 4.48. The number of carbonyl (C=O) groups is 2. The number of benzene rings is 1. The maximum absolute atomic E-state index is 13.6. The lowest BCUT2D eigenvalue weighted by Gasteiger charge is -2.33. The fourth-order valence-electron chi connectivity index (χ4n) is 4.48. The predicted molar refractivity (Wildman–Crippen MR) is 135 cm³/mol. The molecule has 8 heteroatoms. The van der Waals surface area contributed by atoms with Gasteiger partial charge in [0, 0.05) is 58.4 Å². The molecule has 1 aliphatic heterocycles. The van der Waals surface area contributed by atoms with Gasteiger partial charge in [0.25, 0.3) is 0 Å². The lowest BCUT2D eigenvalue weighted by molar-refractivity contribution is -0.138. The van der Waals surface area contributed by atoms with E-state index in [-0.39, 0.29) is 29.7 Å². The highest BCUT2D eigenvalue weighted by molar-refractivity contribution is 5.83. The summed E-state index contributed by atoms with van der Waals surface area (Å²) in [6, 6.07) is 6.09. The van der Waals surface area contributed by atoms with Crippen LogP contribution in [0.3, 0.4) is 0 Å². The van der Waals surface area contributed by atoms with E-state index in [1.165, 1.54) is 0 Å². The smallest absolute Gasteiger partial charge is 0.227 e. The standard InChI is InChI=1S/C27H43N3O5/c1-19(2)8-9-29-26(31)21-14-22(17-28-16-21)27(32)30(23-6-7-23)18-20-12-24(34-4)15-25(13-20)35-11-5-10-33-3/h12-13,15,19,21-23,28H,5-11,14,16-18H2,1-4H3,(H,29,31)/t21?,22-/m0/s1. The number of rotatable bonds is 14. The maximum Gasteiger partial charge on any atom is 0.227 e. The average molecular weight is 490 g/mol. The summed E-state index contributed by atoms with van der Waals surface area (Å²) in [5.74, 6) is 1.81. The zero-order valence-electron chi connectivity index (χ0n) is 21.8. The first-order valence-electron chi connectivity index (χ1n) is 13.0. The Morgan fingerprint density at radius 1 is 1.09 bits per heavy atom. The predicted octanol–water partition coefficient (Wildman–Crippen LogP) is 2.99. The van der Waals surface area contributed by atoms with E-state index in [4.69, 9.17) is 14.2 Å². The van der Waals surface area contributed by atoms with Crippen molar-refractivity contribution < 1.29 is 23.8 Å². The van der Waals surface area contributed by atoms with Crippen LogP contribution in [0.5, 0.6) is 11.5 Å². The number of nitrogens with one attached hydrogen (secondary N) is 2. The van der Waals surface area contributed by atoms with Gasteiger partial charge in [0.15, 0.2) is 0 Å². The summed E-state index contributed by atoms with van der Waals surface area (Å²) in [6.45, 7) is 7.93. The van der Waals surface area contributed by atoms with E-state index in [1.54, 1.807) is 14.2 Å². The lowest BCUT2D eigenvalue weighted by Crippen LogP contribution is -2.49. The molecule has 2 fully saturated rings. The number of nitrogens with zero attached hydrogens (tertiary/aromatic N) is 1.